The zero-order valence-electron chi connectivity index (χ0n) is 19.5. The molecule has 0 radical (unpaired) electrons. The summed E-state index contributed by atoms with van der Waals surface area (Å²) in [7, 11) is 2.79. The molecule has 10 nitrogen and oxygen atoms in total. The first-order valence-electron chi connectivity index (χ1n) is 10.7. The summed E-state index contributed by atoms with van der Waals surface area (Å²) >= 11 is 0. The fraction of sp³-hybridized carbons (Fsp3) is 0.250. The molecule has 0 aliphatic carbocycles. The van der Waals surface area contributed by atoms with Crippen molar-refractivity contribution in [3.05, 3.63) is 60.3 Å². The number of hydrogen-bond acceptors (Lipinski definition) is 6. The maximum Gasteiger partial charge on any atom is 0.573 e. The highest BCUT2D eigenvalue weighted by Gasteiger charge is 2.33. The molecule has 0 spiro atoms. The van der Waals surface area contributed by atoms with Crippen LogP contribution in [-0.2, 0) is 14.4 Å². The zero-order valence-corrected chi connectivity index (χ0v) is 19.5. The van der Waals surface area contributed by atoms with Crippen LogP contribution in [0.25, 0.3) is 11.1 Å². The van der Waals surface area contributed by atoms with Gasteiger partial charge in [0.25, 0.3) is 5.91 Å². The van der Waals surface area contributed by atoms with Gasteiger partial charge in [0.2, 0.25) is 0 Å². The van der Waals surface area contributed by atoms with Gasteiger partial charge < -0.3 is 30.1 Å². The van der Waals surface area contributed by atoms with Crippen LogP contribution in [0.5, 0.6) is 11.5 Å². The van der Waals surface area contributed by atoms with Crippen LogP contribution in [0.1, 0.15) is 18.0 Å². The number of carboxylic acids is 1. The van der Waals surface area contributed by atoms with E-state index >= 15 is 0 Å². The zero-order chi connectivity index (χ0) is 27.3. The van der Waals surface area contributed by atoms with E-state index < -0.39 is 54.3 Å². The lowest BCUT2D eigenvalue weighted by molar-refractivity contribution is -0.274. The highest BCUT2D eigenvalue weighted by atomic mass is 19.4. The topological polar surface area (TPSA) is 134 Å². The molecule has 0 saturated carbocycles. The number of hydrogen-bond donors (Lipinski definition) is 3. The number of benzene rings is 2. The van der Waals surface area contributed by atoms with Crippen LogP contribution in [0.15, 0.2) is 54.7 Å². The van der Waals surface area contributed by atoms with Gasteiger partial charge in [-0.05, 0) is 35.4 Å². The van der Waals surface area contributed by atoms with Crippen molar-refractivity contribution >= 4 is 23.7 Å². The third-order valence-electron chi connectivity index (χ3n) is 5.33. The third kappa shape index (κ3) is 6.99. The highest BCUT2D eigenvalue weighted by molar-refractivity contribution is 6.14. The molecular formula is C24H22F3N3O7. The van der Waals surface area contributed by atoms with Gasteiger partial charge in [-0.1, -0.05) is 18.2 Å². The molecule has 3 amide bonds. The van der Waals surface area contributed by atoms with E-state index in [1.54, 1.807) is 0 Å². The average molecular weight is 521 g/mol. The number of ketones is 1. The van der Waals surface area contributed by atoms with Crippen LogP contribution in [-0.4, -0.2) is 60.3 Å². The number of likely N-dealkylation sites (N-methyl/N-ethyl adjacent to an activating group) is 1. The second-order valence-electron chi connectivity index (χ2n) is 7.90. The van der Waals surface area contributed by atoms with E-state index in [0.717, 1.165) is 23.1 Å². The molecule has 0 saturated heterocycles. The number of amides is 3. The highest BCUT2D eigenvalue weighted by Crippen LogP contribution is 2.35. The van der Waals surface area contributed by atoms with Crippen LogP contribution >= 0.6 is 0 Å². The minimum absolute atomic E-state index is 0.322. The Hall–Kier alpha value is -4.55. The van der Waals surface area contributed by atoms with Gasteiger partial charge in [-0.25, -0.2) is 4.79 Å². The summed E-state index contributed by atoms with van der Waals surface area (Å²) < 4.78 is 46.6. The van der Waals surface area contributed by atoms with E-state index in [4.69, 9.17) is 4.74 Å². The van der Waals surface area contributed by atoms with Gasteiger partial charge in [0, 0.05) is 24.9 Å². The van der Waals surface area contributed by atoms with Gasteiger partial charge in [0.15, 0.2) is 11.8 Å². The number of aliphatic carboxylic acids is 1. The average Bonchev–Trinajstić information content (AvgIpc) is 2.82. The SMILES string of the molecule is COc1ccc([C@H](CC(=O)O)NC(=O)NC2C(=O)C=CN(C)C2=O)cc1-c1ccc(OC(F)(F)F)cc1. The first-order valence-corrected chi connectivity index (χ1v) is 10.7. The van der Waals surface area contributed by atoms with Crippen molar-refractivity contribution in [2.45, 2.75) is 24.9 Å². The first kappa shape index (κ1) is 27.0. The Balaban J connectivity index is 1.87. The number of nitrogens with one attached hydrogen (secondary N) is 2. The number of methoxy groups -OCH3 is 1. The number of rotatable bonds is 8. The smallest absolute Gasteiger partial charge is 0.496 e. The molecule has 1 unspecified atom stereocenters. The second-order valence-corrected chi connectivity index (χ2v) is 7.90. The van der Waals surface area contributed by atoms with E-state index in [0.29, 0.717) is 22.4 Å². The van der Waals surface area contributed by atoms with Gasteiger partial charge in [0.1, 0.15) is 11.5 Å². The van der Waals surface area contributed by atoms with E-state index in [2.05, 4.69) is 15.4 Å². The molecule has 1 aliphatic heterocycles. The molecule has 2 aromatic carbocycles. The Labute approximate surface area is 208 Å². The molecule has 1 aliphatic rings. The Kier molecular flexibility index (Phi) is 8.05. The number of carbonyl (C=O) groups is 4. The fourth-order valence-electron chi connectivity index (χ4n) is 3.58. The summed E-state index contributed by atoms with van der Waals surface area (Å²) in [6, 6.07) is 5.95. The molecule has 2 aromatic rings. The van der Waals surface area contributed by atoms with Gasteiger partial charge >= 0.3 is 18.4 Å². The predicted octanol–water partition coefficient (Wildman–Crippen LogP) is 3.00. The molecular weight excluding hydrogens is 499 g/mol. The van der Waals surface area contributed by atoms with Crippen molar-refractivity contribution in [2.24, 2.45) is 0 Å². The van der Waals surface area contributed by atoms with Crippen LogP contribution in [0.2, 0.25) is 0 Å². The normalized spacial score (nSPS) is 16.2. The lowest BCUT2D eigenvalue weighted by Gasteiger charge is -2.25. The molecule has 1 heterocycles. The van der Waals surface area contributed by atoms with E-state index in [-0.39, 0.29) is 0 Å². The fourth-order valence-corrected chi connectivity index (χ4v) is 3.58. The lowest BCUT2D eigenvalue weighted by Crippen LogP contribution is -2.55. The lowest BCUT2D eigenvalue weighted by atomic mass is 9.97. The number of nitrogens with zero attached hydrogens (tertiary/aromatic N) is 1. The number of carbonyl (C=O) groups excluding carboxylic acids is 3. The molecule has 196 valence electrons. The second kappa shape index (κ2) is 11.0. The largest absolute Gasteiger partial charge is 0.573 e. The van der Waals surface area contributed by atoms with Crippen LogP contribution in [0, 0.1) is 0 Å². The number of alkyl halides is 3. The van der Waals surface area contributed by atoms with Crippen molar-refractivity contribution in [3.63, 3.8) is 0 Å². The van der Waals surface area contributed by atoms with Gasteiger partial charge in [-0.15, -0.1) is 13.2 Å². The van der Waals surface area contributed by atoms with Gasteiger partial charge in [-0.2, -0.15) is 0 Å². The maximum absolute atomic E-state index is 12.6. The summed E-state index contributed by atoms with van der Waals surface area (Å²) in [4.78, 5) is 49.5. The summed E-state index contributed by atoms with van der Waals surface area (Å²) in [6.45, 7) is 0. The number of carboxylic acid groups (broad SMARTS) is 1. The Bertz CT molecular complexity index is 1230. The number of halogens is 3. The number of urea groups is 1. The van der Waals surface area contributed by atoms with E-state index in [1.165, 1.54) is 50.7 Å². The quantitative estimate of drug-likeness (QED) is 0.455. The predicted molar refractivity (Wildman–Crippen MR) is 122 cm³/mol. The minimum Gasteiger partial charge on any atom is -0.496 e. The van der Waals surface area contributed by atoms with Crippen LogP contribution < -0.4 is 20.1 Å². The standard InChI is InChI=1S/C24H22F3N3O7/c1-30-10-9-18(31)21(22(30)34)29-23(35)28-17(12-20(32)33)14-5-8-19(36-2)16(11-14)13-3-6-15(7-4-13)37-24(25,26)27/h3-11,17,21H,12H2,1-2H3,(H,32,33)(H2,28,29,35)/t17-,21?/m0/s1. The summed E-state index contributed by atoms with van der Waals surface area (Å²) in [5, 5.41) is 14.1. The Morgan fingerprint density at radius 1 is 1.14 bits per heavy atom. The third-order valence-corrected chi connectivity index (χ3v) is 5.33. The van der Waals surface area contributed by atoms with Crippen LogP contribution in [0.3, 0.4) is 0 Å². The maximum atomic E-state index is 12.6. The Morgan fingerprint density at radius 3 is 2.41 bits per heavy atom. The van der Waals surface area contributed by atoms with Crippen molar-refractivity contribution in [2.75, 3.05) is 14.2 Å². The molecule has 37 heavy (non-hydrogen) atoms. The monoisotopic (exact) mass is 521 g/mol. The van der Waals surface area contributed by atoms with E-state index in [1.807, 2.05) is 0 Å². The number of ether oxygens (including phenoxy) is 2. The van der Waals surface area contributed by atoms with Gasteiger partial charge in [0.05, 0.1) is 19.6 Å². The Morgan fingerprint density at radius 2 is 1.81 bits per heavy atom. The molecule has 0 bridgehead atoms. The molecule has 3 rings (SSSR count). The van der Waals surface area contributed by atoms with Crippen molar-refractivity contribution < 1.29 is 46.9 Å². The summed E-state index contributed by atoms with van der Waals surface area (Å²) in [5.41, 5.74) is 1.16. The molecule has 2 atom stereocenters. The van der Waals surface area contributed by atoms with Crippen molar-refractivity contribution in [1.29, 1.82) is 0 Å². The first-order chi connectivity index (χ1) is 17.4. The van der Waals surface area contributed by atoms with Crippen molar-refractivity contribution in [3.8, 4) is 22.6 Å². The van der Waals surface area contributed by atoms with Gasteiger partial charge in [-0.3, -0.25) is 14.4 Å². The summed E-state index contributed by atoms with van der Waals surface area (Å²) in [5.74, 6) is -2.65. The minimum atomic E-state index is -4.85. The van der Waals surface area contributed by atoms with E-state index in [9.17, 15) is 37.5 Å². The van der Waals surface area contributed by atoms with Crippen LogP contribution in [0.4, 0.5) is 18.0 Å². The molecule has 13 heteroatoms. The molecule has 0 fully saturated rings. The summed E-state index contributed by atoms with van der Waals surface area (Å²) in [6.07, 6.45) is -3.02. The molecule has 3 N–H and O–H groups in total. The molecule has 0 aromatic heterocycles. The van der Waals surface area contributed by atoms with Crippen molar-refractivity contribution in [1.82, 2.24) is 15.5 Å².